The van der Waals surface area contributed by atoms with E-state index in [0.717, 1.165) is 5.56 Å². The lowest BCUT2D eigenvalue weighted by Crippen LogP contribution is -2.25. The molecular formula is C21H22FN3O4S. The van der Waals surface area contributed by atoms with Gasteiger partial charge >= 0.3 is 0 Å². The second-order valence-electron chi connectivity index (χ2n) is 6.14. The molecule has 7 nitrogen and oxygen atoms in total. The number of nitrogens with zero attached hydrogens (tertiary/aromatic N) is 2. The summed E-state index contributed by atoms with van der Waals surface area (Å²) in [5, 5.41) is 3.50. The summed E-state index contributed by atoms with van der Waals surface area (Å²) in [7, 11) is 4.62. The van der Waals surface area contributed by atoms with Crippen LogP contribution < -0.4 is 19.5 Å². The number of hydrogen-bond acceptors (Lipinski definition) is 6. The van der Waals surface area contributed by atoms with Crippen LogP contribution in [0.3, 0.4) is 0 Å². The molecule has 1 N–H and O–H groups in total. The summed E-state index contributed by atoms with van der Waals surface area (Å²) >= 11 is 1.39. The largest absolute Gasteiger partial charge is 0.496 e. The van der Waals surface area contributed by atoms with Crippen molar-refractivity contribution in [1.82, 2.24) is 14.9 Å². The SMILES string of the molecule is COc1cc(OC)c(OC)cc1CNC(=O)c1cnc(SC)n1-c1ccc(F)cc1. The topological polar surface area (TPSA) is 74.6 Å². The van der Waals surface area contributed by atoms with Gasteiger partial charge in [-0.15, -0.1) is 0 Å². The Morgan fingerprint density at radius 2 is 1.70 bits per heavy atom. The van der Waals surface area contributed by atoms with Crippen molar-refractivity contribution >= 4 is 17.7 Å². The average Bonchev–Trinajstić information content (AvgIpc) is 3.21. The smallest absolute Gasteiger partial charge is 0.270 e. The molecule has 158 valence electrons. The first-order valence-electron chi connectivity index (χ1n) is 8.97. The average molecular weight is 431 g/mol. The Kier molecular flexibility index (Phi) is 6.83. The Hall–Kier alpha value is -3.20. The first-order chi connectivity index (χ1) is 14.5. The summed E-state index contributed by atoms with van der Waals surface area (Å²) in [5.74, 6) is 0.942. The van der Waals surface area contributed by atoms with Gasteiger partial charge in [0.2, 0.25) is 0 Å². The number of benzene rings is 2. The quantitative estimate of drug-likeness (QED) is 0.549. The Bertz CT molecular complexity index is 1040. The van der Waals surface area contributed by atoms with E-state index >= 15 is 0 Å². The normalized spacial score (nSPS) is 10.6. The van der Waals surface area contributed by atoms with Crippen LogP contribution in [0, 0.1) is 5.82 Å². The molecule has 0 saturated heterocycles. The Balaban J connectivity index is 1.87. The van der Waals surface area contributed by atoms with E-state index in [0.29, 0.717) is 33.8 Å². The highest BCUT2D eigenvalue weighted by molar-refractivity contribution is 7.98. The molecule has 9 heteroatoms. The summed E-state index contributed by atoms with van der Waals surface area (Å²) in [5.41, 5.74) is 1.71. The van der Waals surface area contributed by atoms with Gasteiger partial charge in [0.15, 0.2) is 16.7 Å². The van der Waals surface area contributed by atoms with Crippen molar-refractivity contribution in [2.24, 2.45) is 0 Å². The van der Waals surface area contributed by atoms with Crippen LogP contribution in [0.25, 0.3) is 5.69 Å². The maximum atomic E-state index is 13.3. The van der Waals surface area contributed by atoms with Gasteiger partial charge in [-0.05, 0) is 36.6 Å². The molecule has 0 saturated carbocycles. The van der Waals surface area contributed by atoms with Gasteiger partial charge < -0.3 is 19.5 Å². The highest BCUT2D eigenvalue weighted by Gasteiger charge is 2.19. The van der Waals surface area contributed by atoms with E-state index in [1.54, 1.807) is 43.1 Å². The molecule has 1 amide bonds. The van der Waals surface area contributed by atoms with E-state index in [-0.39, 0.29) is 18.3 Å². The first kappa shape index (κ1) is 21.5. The van der Waals surface area contributed by atoms with Crippen molar-refractivity contribution in [3.05, 3.63) is 59.7 Å². The number of carbonyl (C=O) groups is 1. The van der Waals surface area contributed by atoms with Crippen molar-refractivity contribution in [2.75, 3.05) is 27.6 Å². The number of halogens is 1. The van der Waals surface area contributed by atoms with Crippen LogP contribution in [-0.4, -0.2) is 43.0 Å². The molecule has 0 bridgehead atoms. The summed E-state index contributed by atoms with van der Waals surface area (Å²) in [6.07, 6.45) is 3.36. The van der Waals surface area contributed by atoms with E-state index in [1.807, 2.05) is 6.26 Å². The minimum absolute atomic E-state index is 0.200. The molecule has 1 aromatic heterocycles. The predicted molar refractivity (Wildman–Crippen MR) is 113 cm³/mol. The Morgan fingerprint density at radius 1 is 1.07 bits per heavy atom. The molecular weight excluding hydrogens is 409 g/mol. The molecule has 0 aliphatic heterocycles. The maximum absolute atomic E-state index is 13.3. The highest BCUT2D eigenvalue weighted by atomic mass is 32.2. The van der Waals surface area contributed by atoms with Crippen molar-refractivity contribution in [1.29, 1.82) is 0 Å². The number of methoxy groups -OCH3 is 3. The summed E-state index contributed by atoms with van der Waals surface area (Å²) in [6, 6.07) is 9.35. The minimum Gasteiger partial charge on any atom is -0.496 e. The van der Waals surface area contributed by atoms with Crippen LogP contribution in [0.5, 0.6) is 17.2 Å². The number of rotatable bonds is 8. The number of carbonyl (C=O) groups excluding carboxylic acids is 1. The molecule has 2 aromatic carbocycles. The zero-order chi connectivity index (χ0) is 21.7. The minimum atomic E-state index is -0.351. The van der Waals surface area contributed by atoms with Gasteiger partial charge in [-0.2, -0.15) is 0 Å². The van der Waals surface area contributed by atoms with Gasteiger partial charge in [-0.3, -0.25) is 9.36 Å². The van der Waals surface area contributed by atoms with Crippen molar-refractivity contribution in [3.63, 3.8) is 0 Å². The van der Waals surface area contributed by atoms with Crippen molar-refractivity contribution in [2.45, 2.75) is 11.7 Å². The lowest BCUT2D eigenvalue weighted by atomic mass is 10.1. The number of thioether (sulfide) groups is 1. The van der Waals surface area contributed by atoms with Crippen molar-refractivity contribution in [3.8, 4) is 22.9 Å². The second-order valence-corrected chi connectivity index (χ2v) is 6.92. The third-order valence-electron chi connectivity index (χ3n) is 4.46. The van der Waals surface area contributed by atoms with Crippen molar-refractivity contribution < 1.29 is 23.4 Å². The standard InChI is InChI=1S/C21H22FN3O4S/c1-27-17-10-19(29-3)18(28-2)9-13(17)11-23-20(26)16-12-24-21(30-4)25(16)15-7-5-14(22)6-8-15/h5-10,12H,11H2,1-4H3,(H,23,26). The Morgan fingerprint density at radius 3 is 2.30 bits per heavy atom. The number of aromatic nitrogens is 2. The molecule has 3 rings (SSSR count). The molecule has 1 heterocycles. The molecule has 0 spiro atoms. The number of nitrogens with one attached hydrogen (secondary N) is 1. The van der Waals surface area contributed by atoms with Gasteiger partial charge in [-0.25, -0.2) is 9.37 Å². The third-order valence-corrected chi connectivity index (χ3v) is 5.11. The van der Waals surface area contributed by atoms with Crippen LogP contribution in [0.4, 0.5) is 4.39 Å². The summed E-state index contributed by atoms with van der Waals surface area (Å²) in [6.45, 7) is 0.200. The zero-order valence-corrected chi connectivity index (χ0v) is 17.9. The molecule has 0 atom stereocenters. The lowest BCUT2D eigenvalue weighted by molar-refractivity contribution is 0.0943. The number of hydrogen-bond donors (Lipinski definition) is 1. The lowest BCUT2D eigenvalue weighted by Gasteiger charge is -2.15. The summed E-state index contributed by atoms with van der Waals surface area (Å²) in [4.78, 5) is 17.2. The van der Waals surface area contributed by atoms with Crippen LogP contribution in [0.15, 0.2) is 47.8 Å². The van der Waals surface area contributed by atoms with Gasteiger partial charge in [0.1, 0.15) is 17.3 Å². The van der Waals surface area contributed by atoms with Crippen LogP contribution in [0.1, 0.15) is 16.1 Å². The molecule has 0 unspecified atom stereocenters. The molecule has 0 fully saturated rings. The number of ether oxygens (including phenoxy) is 3. The van der Waals surface area contributed by atoms with E-state index in [9.17, 15) is 9.18 Å². The first-order valence-corrected chi connectivity index (χ1v) is 10.2. The van der Waals surface area contributed by atoms with Gasteiger partial charge in [-0.1, -0.05) is 11.8 Å². The fourth-order valence-electron chi connectivity index (χ4n) is 2.98. The predicted octanol–water partition coefficient (Wildman–Crippen LogP) is 3.69. The second kappa shape index (κ2) is 9.53. The Labute approximate surface area is 178 Å². The molecule has 0 aliphatic rings. The monoisotopic (exact) mass is 431 g/mol. The van der Waals surface area contributed by atoms with Gasteiger partial charge in [0, 0.05) is 23.9 Å². The van der Waals surface area contributed by atoms with Crippen LogP contribution in [-0.2, 0) is 6.54 Å². The number of amides is 1. The fourth-order valence-corrected chi connectivity index (χ4v) is 3.52. The molecule has 0 radical (unpaired) electrons. The zero-order valence-electron chi connectivity index (χ0n) is 17.1. The van der Waals surface area contributed by atoms with Crippen LogP contribution in [0.2, 0.25) is 0 Å². The summed E-state index contributed by atoms with van der Waals surface area (Å²) < 4.78 is 31.0. The van der Waals surface area contributed by atoms with E-state index in [4.69, 9.17) is 14.2 Å². The molecule has 30 heavy (non-hydrogen) atoms. The highest BCUT2D eigenvalue weighted by Crippen LogP contribution is 2.34. The van der Waals surface area contributed by atoms with E-state index in [2.05, 4.69) is 10.3 Å². The molecule has 3 aromatic rings. The van der Waals surface area contributed by atoms with E-state index in [1.165, 1.54) is 37.2 Å². The third kappa shape index (κ3) is 4.35. The van der Waals surface area contributed by atoms with Gasteiger partial charge in [0.05, 0.1) is 27.5 Å². The maximum Gasteiger partial charge on any atom is 0.270 e. The van der Waals surface area contributed by atoms with Gasteiger partial charge in [0.25, 0.3) is 5.91 Å². The number of imidazole rings is 1. The fraction of sp³-hybridized carbons (Fsp3) is 0.238. The van der Waals surface area contributed by atoms with Crippen LogP contribution >= 0.6 is 11.8 Å². The molecule has 0 aliphatic carbocycles. The van der Waals surface area contributed by atoms with E-state index < -0.39 is 0 Å².